The maximum absolute atomic E-state index is 2.74. The number of unbranched alkanes of at least 4 members (excludes halogenated alkanes) is 3. The summed E-state index contributed by atoms with van der Waals surface area (Å²) in [6.45, 7) is 8.32. The molecule has 1 atom stereocenters. The van der Waals surface area contributed by atoms with Crippen LogP contribution in [0.2, 0.25) is 13.3 Å². The Morgan fingerprint density at radius 2 is 1.43 bits per heavy atom. The van der Waals surface area contributed by atoms with Crippen LogP contribution in [-0.2, 0) is 6.54 Å². The van der Waals surface area contributed by atoms with E-state index in [0.717, 1.165) is 4.06 Å². The van der Waals surface area contributed by atoms with E-state index in [1.807, 2.05) is 0 Å². The third-order valence-corrected chi connectivity index (χ3v) is 22.9. The fourth-order valence-electron chi connectivity index (χ4n) is 4.71. The Kier molecular flexibility index (Phi) is 7.94. The number of benzene rings is 1. The van der Waals surface area contributed by atoms with E-state index in [9.17, 15) is 0 Å². The number of hydrogen-bond acceptors (Lipinski definition) is 1. The van der Waals surface area contributed by atoms with Gasteiger partial charge in [0.15, 0.2) is 0 Å². The van der Waals surface area contributed by atoms with E-state index in [1.165, 1.54) is 45.1 Å². The molecule has 1 nitrogen and oxygen atoms in total. The third kappa shape index (κ3) is 4.54. The van der Waals surface area contributed by atoms with Gasteiger partial charge in [-0.3, -0.25) is 0 Å². The van der Waals surface area contributed by atoms with Crippen LogP contribution in [0.15, 0.2) is 24.3 Å². The fraction of sp³-hybridized carbons (Fsp3) is 0.714. The molecule has 1 unspecified atom stereocenters. The van der Waals surface area contributed by atoms with Gasteiger partial charge >= 0.3 is 149 Å². The summed E-state index contributed by atoms with van der Waals surface area (Å²) in [5, 5.41) is 0. The van der Waals surface area contributed by atoms with Crippen molar-refractivity contribution in [1.82, 2.24) is 4.90 Å². The van der Waals surface area contributed by atoms with Crippen molar-refractivity contribution in [1.29, 1.82) is 0 Å². The molecule has 0 saturated heterocycles. The van der Waals surface area contributed by atoms with Gasteiger partial charge in [0.2, 0.25) is 0 Å². The van der Waals surface area contributed by atoms with Crippen LogP contribution in [0.25, 0.3) is 0 Å². The van der Waals surface area contributed by atoms with Gasteiger partial charge in [-0.1, -0.05) is 0 Å². The molecule has 1 heterocycles. The topological polar surface area (TPSA) is 3.24 Å². The van der Waals surface area contributed by atoms with E-state index in [2.05, 4.69) is 57.0 Å². The zero-order valence-corrected chi connectivity index (χ0v) is 18.8. The van der Waals surface area contributed by atoms with E-state index in [4.69, 9.17) is 0 Å². The van der Waals surface area contributed by atoms with Crippen molar-refractivity contribution in [2.24, 2.45) is 0 Å². The van der Waals surface area contributed by atoms with Gasteiger partial charge in [0.05, 0.1) is 0 Å². The van der Waals surface area contributed by atoms with Crippen molar-refractivity contribution in [2.75, 3.05) is 7.05 Å². The Hall–Kier alpha value is -0.0213. The van der Waals surface area contributed by atoms with Crippen LogP contribution < -0.4 is 0 Å². The molecule has 0 N–H and O–H groups in total. The molecule has 1 aliphatic rings. The minimum absolute atomic E-state index is 0.838. The average Bonchev–Trinajstić information content (AvgIpc) is 2.91. The van der Waals surface area contributed by atoms with E-state index in [-0.39, 0.29) is 0 Å². The van der Waals surface area contributed by atoms with Crippen LogP contribution >= 0.6 is 0 Å². The van der Waals surface area contributed by atoms with E-state index >= 15 is 0 Å². The summed E-state index contributed by atoms with van der Waals surface area (Å²) in [5.41, 5.74) is 3.33. The second kappa shape index (κ2) is 9.46. The average molecular weight is 422 g/mol. The fourth-order valence-corrected chi connectivity index (χ4v) is 23.9. The first kappa shape index (κ1) is 19.3. The summed E-state index contributed by atoms with van der Waals surface area (Å²) in [5.74, 6) is 0. The van der Waals surface area contributed by atoms with Gasteiger partial charge in [-0.2, -0.15) is 0 Å². The van der Waals surface area contributed by atoms with E-state index in [1.54, 1.807) is 24.4 Å². The summed E-state index contributed by atoms with van der Waals surface area (Å²) in [4.78, 5) is 2.74. The van der Waals surface area contributed by atoms with Crippen LogP contribution in [0.5, 0.6) is 0 Å². The summed E-state index contributed by atoms with van der Waals surface area (Å²) in [7, 11) is 2.40. The molecule has 130 valence electrons. The molecular formula is C21H37NSn. The van der Waals surface area contributed by atoms with Crippen molar-refractivity contribution in [3.05, 3.63) is 35.4 Å². The SMILES string of the molecule is CCC[CH2][Sn]([CH2]CCC)([CH2]CCC)[CH]1c2ccccc2CN1C. The summed E-state index contributed by atoms with van der Waals surface area (Å²) < 4.78 is 5.66. The standard InChI is InChI=1S/C9H10N.3C4H9.Sn/c1-10-6-8-4-2-3-5-9(8)7-10;3*1-3-4-2;/h2-6H,7H2,1H3;3*1,3-4H2,2H3;. The quantitative estimate of drug-likeness (QED) is 0.386. The zero-order chi connectivity index (χ0) is 16.7. The molecule has 1 aliphatic heterocycles. The number of nitrogens with zero attached hydrogens (tertiary/aromatic N) is 1. The molecule has 0 radical (unpaired) electrons. The molecule has 0 fully saturated rings. The number of rotatable bonds is 10. The molecule has 0 saturated carbocycles. The van der Waals surface area contributed by atoms with Gasteiger partial charge in [-0.05, 0) is 0 Å². The number of fused-ring (bicyclic) bond motifs is 1. The molecule has 0 spiro atoms. The molecule has 0 bridgehead atoms. The Balaban J connectivity index is 2.36. The van der Waals surface area contributed by atoms with Gasteiger partial charge in [0.25, 0.3) is 0 Å². The first-order chi connectivity index (χ1) is 11.2. The van der Waals surface area contributed by atoms with Crippen LogP contribution in [0.1, 0.15) is 74.5 Å². The molecule has 23 heavy (non-hydrogen) atoms. The molecule has 0 aromatic heterocycles. The third-order valence-electron chi connectivity index (χ3n) is 5.87. The zero-order valence-electron chi connectivity index (χ0n) is 15.9. The van der Waals surface area contributed by atoms with Gasteiger partial charge in [0, 0.05) is 0 Å². The predicted octanol–water partition coefficient (Wildman–Crippen LogP) is 6.56. The van der Waals surface area contributed by atoms with Gasteiger partial charge in [-0.15, -0.1) is 0 Å². The van der Waals surface area contributed by atoms with Gasteiger partial charge in [-0.25, -0.2) is 0 Å². The van der Waals surface area contributed by atoms with Crippen LogP contribution in [0.3, 0.4) is 0 Å². The Morgan fingerprint density at radius 1 is 0.913 bits per heavy atom. The number of hydrogen-bond donors (Lipinski definition) is 0. The van der Waals surface area contributed by atoms with Gasteiger partial charge in [0.1, 0.15) is 0 Å². The maximum atomic E-state index is 2.74. The van der Waals surface area contributed by atoms with Crippen LogP contribution in [0.4, 0.5) is 0 Å². The monoisotopic (exact) mass is 423 g/mol. The molecular weight excluding hydrogens is 385 g/mol. The van der Waals surface area contributed by atoms with Crippen molar-refractivity contribution >= 4 is 18.4 Å². The molecule has 1 aromatic rings. The van der Waals surface area contributed by atoms with E-state index < -0.39 is 18.4 Å². The van der Waals surface area contributed by atoms with Gasteiger partial charge < -0.3 is 0 Å². The summed E-state index contributed by atoms with van der Waals surface area (Å²) in [6.07, 6.45) is 8.51. The molecule has 0 amide bonds. The Labute approximate surface area is 148 Å². The van der Waals surface area contributed by atoms with Crippen molar-refractivity contribution < 1.29 is 0 Å². The Bertz CT molecular complexity index is 449. The molecule has 2 heteroatoms. The minimum atomic E-state index is -2.23. The first-order valence-corrected chi connectivity index (χ1v) is 17.7. The molecule has 1 aromatic carbocycles. The molecule has 0 aliphatic carbocycles. The second-order valence-corrected chi connectivity index (χ2v) is 21.3. The van der Waals surface area contributed by atoms with Crippen LogP contribution in [0, 0.1) is 0 Å². The summed E-state index contributed by atoms with van der Waals surface area (Å²) >= 11 is -2.23. The van der Waals surface area contributed by atoms with Crippen LogP contribution in [-0.4, -0.2) is 30.3 Å². The first-order valence-electron chi connectivity index (χ1n) is 9.96. The van der Waals surface area contributed by atoms with Crippen molar-refractivity contribution in [2.45, 2.75) is 83.2 Å². The normalized spacial score (nSPS) is 18.3. The molecule has 2 rings (SSSR count). The van der Waals surface area contributed by atoms with Crippen molar-refractivity contribution in [3.8, 4) is 0 Å². The van der Waals surface area contributed by atoms with Crippen molar-refractivity contribution in [3.63, 3.8) is 0 Å². The second-order valence-electron chi connectivity index (χ2n) is 7.69. The summed E-state index contributed by atoms with van der Waals surface area (Å²) in [6, 6.07) is 9.35. The predicted molar refractivity (Wildman–Crippen MR) is 106 cm³/mol. The van der Waals surface area contributed by atoms with E-state index in [0.29, 0.717) is 0 Å². The Morgan fingerprint density at radius 3 is 1.96 bits per heavy atom.